The molecule has 0 radical (unpaired) electrons. The fourth-order valence-corrected chi connectivity index (χ4v) is 3.08. The molecular formula is C20H21ClN2O2. The van der Waals surface area contributed by atoms with Gasteiger partial charge in [-0.25, -0.2) is 4.98 Å². The maximum Gasteiger partial charge on any atom is 0.185 e. The van der Waals surface area contributed by atoms with Crippen molar-refractivity contribution in [3.63, 3.8) is 0 Å². The largest absolute Gasteiger partial charge is 0.494 e. The van der Waals surface area contributed by atoms with E-state index in [9.17, 15) is 4.79 Å². The molecule has 0 aliphatic heterocycles. The summed E-state index contributed by atoms with van der Waals surface area (Å²) in [4.78, 5) is 15.6. The van der Waals surface area contributed by atoms with E-state index < -0.39 is 0 Å². The Balaban J connectivity index is 1.56. The van der Waals surface area contributed by atoms with Crippen LogP contribution in [0.15, 0.2) is 36.4 Å². The lowest BCUT2D eigenvalue weighted by Crippen LogP contribution is -2.05. The molecule has 2 aromatic carbocycles. The van der Waals surface area contributed by atoms with E-state index in [1.54, 1.807) is 0 Å². The van der Waals surface area contributed by atoms with Crippen molar-refractivity contribution in [2.45, 2.75) is 33.2 Å². The summed E-state index contributed by atoms with van der Waals surface area (Å²) in [5.41, 5.74) is 3.90. The van der Waals surface area contributed by atoms with Crippen LogP contribution >= 0.6 is 11.6 Å². The number of aryl methyl sites for hydroxylation is 3. The fraction of sp³-hybridized carbons (Fsp3) is 0.300. The van der Waals surface area contributed by atoms with Crippen LogP contribution in [0.2, 0.25) is 5.02 Å². The van der Waals surface area contributed by atoms with Gasteiger partial charge in [0, 0.05) is 11.6 Å². The van der Waals surface area contributed by atoms with E-state index in [2.05, 4.69) is 4.98 Å². The molecule has 4 nitrogen and oxygen atoms in total. The third-order valence-electron chi connectivity index (χ3n) is 4.24. The molecule has 0 atom stereocenters. The number of ether oxygens (including phenoxy) is 1. The molecule has 5 heteroatoms. The molecule has 0 amide bonds. The lowest BCUT2D eigenvalue weighted by molar-refractivity contribution is 0.111. The second-order valence-corrected chi connectivity index (χ2v) is 6.53. The Bertz CT molecular complexity index is 879. The third kappa shape index (κ3) is 3.85. The van der Waals surface area contributed by atoms with Gasteiger partial charge in [-0.05, 0) is 62.1 Å². The van der Waals surface area contributed by atoms with Crippen molar-refractivity contribution >= 4 is 28.9 Å². The zero-order chi connectivity index (χ0) is 17.8. The number of carbonyl (C=O) groups is 1. The number of hydrogen-bond donors (Lipinski definition) is 0. The van der Waals surface area contributed by atoms with E-state index in [1.165, 1.54) is 0 Å². The van der Waals surface area contributed by atoms with Crippen LogP contribution in [0.3, 0.4) is 0 Å². The van der Waals surface area contributed by atoms with Gasteiger partial charge in [0.1, 0.15) is 5.75 Å². The first-order valence-corrected chi connectivity index (χ1v) is 8.78. The highest BCUT2D eigenvalue weighted by Gasteiger charge is 2.09. The van der Waals surface area contributed by atoms with Gasteiger partial charge in [-0.15, -0.1) is 0 Å². The molecule has 3 aromatic rings. The number of hydrogen-bond acceptors (Lipinski definition) is 3. The molecule has 1 heterocycles. The van der Waals surface area contributed by atoms with E-state index in [4.69, 9.17) is 16.3 Å². The second-order valence-electron chi connectivity index (χ2n) is 6.15. The average molecular weight is 357 g/mol. The van der Waals surface area contributed by atoms with E-state index in [0.717, 1.165) is 58.6 Å². The average Bonchev–Trinajstić information content (AvgIpc) is 2.97. The summed E-state index contributed by atoms with van der Waals surface area (Å²) in [7, 11) is 0. The van der Waals surface area contributed by atoms with Crippen LogP contribution in [0.5, 0.6) is 5.75 Å². The molecule has 0 saturated heterocycles. The minimum atomic E-state index is 0.478. The van der Waals surface area contributed by atoms with Crippen molar-refractivity contribution in [2.24, 2.45) is 0 Å². The Labute approximate surface area is 152 Å². The van der Waals surface area contributed by atoms with Crippen LogP contribution in [0, 0.1) is 13.8 Å². The number of para-hydroxylation sites is 2. The van der Waals surface area contributed by atoms with Crippen molar-refractivity contribution in [3.05, 3.63) is 58.4 Å². The number of aldehydes is 1. The summed E-state index contributed by atoms with van der Waals surface area (Å²) in [6.45, 7) is 5.33. The zero-order valence-electron chi connectivity index (χ0n) is 14.5. The van der Waals surface area contributed by atoms with Gasteiger partial charge in [-0.3, -0.25) is 4.79 Å². The van der Waals surface area contributed by atoms with Crippen molar-refractivity contribution in [1.82, 2.24) is 9.55 Å². The Hall–Kier alpha value is -2.33. The zero-order valence-corrected chi connectivity index (χ0v) is 15.2. The second kappa shape index (κ2) is 7.70. The molecular weight excluding hydrogens is 336 g/mol. The van der Waals surface area contributed by atoms with Crippen LogP contribution in [0.1, 0.15) is 34.6 Å². The van der Waals surface area contributed by atoms with Crippen LogP contribution in [-0.4, -0.2) is 22.4 Å². The van der Waals surface area contributed by atoms with Crippen LogP contribution in [0.25, 0.3) is 11.0 Å². The predicted octanol–water partition coefficient (Wildman–Crippen LogP) is 4.98. The van der Waals surface area contributed by atoms with Gasteiger partial charge in [0.15, 0.2) is 12.1 Å². The first-order valence-electron chi connectivity index (χ1n) is 8.40. The van der Waals surface area contributed by atoms with Crippen molar-refractivity contribution in [3.8, 4) is 5.75 Å². The van der Waals surface area contributed by atoms with Gasteiger partial charge >= 0.3 is 0 Å². The Morgan fingerprint density at radius 3 is 2.60 bits per heavy atom. The van der Waals surface area contributed by atoms with Gasteiger partial charge in [-0.2, -0.15) is 0 Å². The minimum Gasteiger partial charge on any atom is -0.494 e. The number of fused-ring (bicyclic) bond motifs is 1. The Morgan fingerprint density at radius 1 is 1.16 bits per heavy atom. The van der Waals surface area contributed by atoms with Gasteiger partial charge in [-0.1, -0.05) is 23.7 Å². The third-order valence-corrected chi connectivity index (χ3v) is 4.84. The molecule has 3 rings (SSSR count). The van der Waals surface area contributed by atoms with E-state index in [1.807, 2.05) is 54.8 Å². The van der Waals surface area contributed by atoms with Gasteiger partial charge < -0.3 is 9.30 Å². The summed E-state index contributed by atoms with van der Waals surface area (Å²) >= 11 is 6.17. The lowest BCUT2D eigenvalue weighted by Gasteiger charge is -2.10. The van der Waals surface area contributed by atoms with E-state index in [-0.39, 0.29) is 0 Å². The molecule has 0 N–H and O–H groups in total. The number of unbranched alkanes of at least 4 members (excludes halogenated alkanes) is 1. The number of nitrogens with zero attached hydrogens (tertiary/aromatic N) is 2. The highest BCUT2D eigenvalue weighted by molar-refractivity contribution is 6.32. The maximum absolute atomic E-state index is 11.2. The number of imidazole rings is 1. The number of benzene rings is 2. The number of carbonyl (C=O) groups excluding carboxylic acids is 1. The molecule has 25 heavy (non-hydrogen) atoms. The molecule has 0 unspecified atom stereocenters. The Morgan fingerprint density at radius 2 is 1.88 bits per heavy atom. The number of aromatic nitrogens is 2. The van der Waals surface area contributed by atoms with E-state index in [0.29, 0.717) is 12.4 Å². The smallest absolute Gasteiger partial charge is 0.185 e. The molecule has 0 aliphatic rings. The molecule has 0 bridgehead atoms. The first kappa shape index (κ1) is 17.5. The number of rotatable bonds is 7. The monoisotopic (exact) mass is 356 g/mol. The first-order chi connectivity index (χ1) is 12.1. The fourth-order valence-electron chi connectivity index (χ4n) is 2.97. The van der Waals surface area contributed by atoms with Gasteiger partial charge in [0.25, 0.3) is 0 Å². The van der Waals surface area contributed by atoms with E-state index >= 15 is 0 Å². The molecule has 0 spiro atoms. The summed E-state index contributed by atoms with van der Waals surface area (Å²) in [6.07, 6.45) is 2.62. The van der Waals surface area contributed by atoms with Crippen LogP contribution in [-0.2, 0) is 6.54 Å². The molecule has 0 saturated carbocycles. The molecule has 0 fully saturated rings. The van der Waals surface area contributed by atoms with Crippen molar-refractivity contribution in [1.29, 1.82) is 0 Å². The van der Waals surface area contributed by atoms with Gasteiger partial charge in [0.2, 0.25) is 0 Å². The topological polar surface area (TPSA) is 44.1 Å². The standard InChI is InChI=1S/C20H21ClN2O2/c1-14-11-16(12-15(2)20(14)21)25-10-6-5-9-23-18-8-4-3-7-17(18)22-19(23)13-24/h3-4,7-8,11-13H,5-6,9-10H2,1-2H3. The lowest BCUT2D eigenvalue weighted by atomic mass is 10.1. The highest BCUT2D eigenvalue weighted by Crippen LogP contribution is 2.26. The summed E-state index contributed by atoms with van der Waals surface area (Å²) in [5, 5.41) is 0.792. The van der Waals surface area contributed by atoms with Crippen LogP contribution in [0.4, 0.5) is 0 Å². The Kier molecular flexibility index (Phi) is 5.39. The summed E-state index contributed by atoms with van der Waals surface area (Å²) in [5.74, 6) is 1.33. The minimum absolute atomic E-state index is 0.478. The van der Waals surface area contributed by atoms with Gasteiger partial charge in [0.05, 0.1) is 17.6 Å². The summed E-state index contributed by atoms with van der Waals surface area (Å²) < 4.78 is 7.80. The van der Waals surface area contributed by atoms with Crippen molar-refractivity contribution in [2.75, 3.05) is 6.61 Å². The SMILES string of the molecule is Cc1cc(OCCCCn2c(C=O)nc3ccccc32)cc(C)c1Cl. The highest BCUT2D eigenvalue weighted by atomic mass is 35.5. The maximum atomic E-state index is 11.2. The molecule has 130 valence electrons. The van der Waals surface area contributed by atoms with Crippen LogP contribution < -0.4 is 4.74 Å². The summed E-state index contributed by atoms with van der Waals surface area (Å²) in [6, 6.07) is 11.7. The molecule has 0 aliphatic carbocycles. The number of halogens is 1. The predicted molar refractivity (Wildman–Crippen MR) is 101 cm³/mol. The quantitative estimate of drug-likeness (QED) is 0.443. The molecule has 1 aromatic heterocycles. The normalized spacial score (nSPS) is 11.0. The van der Waals surface area contributed by atoms with Crippen molar-refractivity contribution < 1.29 is 9.53 Å².